The minimum atomic E-state index is 0.300. The van der Waals surface area contributed by atoms with Crippen LogP contribution in [0.5, 0.6) is 5.75 Å². The standard InChI is InChI=1S/C10H8I2N2O/c11-9-10(12)14(6-13-9)5-7-1-3-8(15)4-2-7/h1-4,6,15H,5H2. The highest BCUT2D eigenvalue weighted by molar-refractivity contribution is 14.1. The molecule has 0 spiro atoms. The molecule has 1 aromatic carbocycles. The van der Waals surface area contributed by atoms with Crippen LogP contribution < -0.4 is 0 Å². The van der Waals surface area contributed by atoms with Gasteiger partial charge in [-0.3, -0.25) is 0 Å². The van der Waals surface area contributed by atoms with E-state index in [-0.39, 0.29) is 0 Å². The average Bonchev–Trinajstić information content (AvgIpc) is 2.53. The predicted octanol–water partition coefficient (Wildman–Crippen LogP) is 2.85. The molecule has 0 unspecified atom stereocenters. The molecule has 0 atom stereocenters. The lowest BCUT2D eigenvalue weighted by molar-refractivity contribution is 0.475. The highest BCUT2D eigenvalue weighted by Crippen LogP contribution is 2.16. The number of rotatable bonds is 2. The maximum atomic E-state index is 9.16. The van der Waals surface area contributed by atoms with Crippen LogP contribution in [0.1, 0.15) is 5.56 Å². The van der Waals surface area contributed by atoms with Crippen molar-refractivity contribution in [2.24, 2.45) is 0 Å². The third-order valence-corrected chi connectivity index (χ3v) is 4.97. The molecule has 5 heteroatoms. The van der Waals surface area contributed by atoms with E-state index in [0.717, 1.165) is 19.5 Å². The molecule has 0 saturated carbocycles. The Morgan fingerprint density at radius 1 is 1.20 bits per heavy atom. The first-order valence-corrected chi connectivity index (χ1v) is 6.46. The molecule has 0 fully saturated rings. The first kappa shape index (κ1) is 11.2. The predicted molar refractivity (Wildman–Crippen MR) is 74.9 cm³/mol. The zero-order chi connectivity index (χ0) is 10.8. The van der Waals surface area contributed by atoms with E-state index in [1.807, 2.05) is 18.5 Å². The van der Waals surface area contributed by atoms with E-state index < -0.39 is 0 Å². The summed E-state index contributed by atoms with van der Waals surface area (Å²) in [6.07, 6.45) is 1.83. The van der Waals surface area contributed by atoms with Crippen molar-refractivity contribution in [1.82, 2.24) is 9.55 Å². The van der Waals surface area contributed by atoms with Crippen LogP contribution in [0.15, 0.2) is 30.6 Å². The fraction of sp³-hybridized carbons (Fsp3) is 0.100. The van der Waals surface area contributed by atoms with Crippen molar-refractivity contribution in [3.63, 3.8) is 0 Å². The average molecular weight is 426 g/mol. The second-order valence-electron chi connectivity index (χ2n) is 3.12. The lowest BCUT2D eigenvalue weighted by Crippen LogP contribution is -2.00. The van der Waals surface area contributed by atoms with Gasteiger partial charge >= 0.3 is 0 Å². The zero-order valence-electron chi connectivity index (χ0n) is 7.69. The zero-order valence-corrected chi connectivity index (χ0v) is 12.0. The van der Waals surface area contributed by atoms with Gasteiger partial charge in [-0.2, -0.15) is 0 Å². The number of halogens is 2. The van der Waals surface area contributed by atoms with Crippen molar-refractivity contribution in [2.45, 2.75) is 6.54 Å². The molecule has 2 rings (SSSR count). The Balaban J connectivity index is 2.22. The number of phenolic OH excluding ortho intramolecular Hbond substituents is 1. The van der Waals surface area contributed by atoms with Gasteiger partial charge in [0.05, 0.1) is 6.33 Å². The van der Waals surface area contributed by atoms with E-state index in [0.29, 0.717) is 5.75 Å². The van der Waals surface area contributed by atoms with Gasteiger partial charge in [0.2, 0.25) is 0 Å². The van der Waals surface area contributed by atoms with E-state index in [9.17, 15) is 0 Å². The van der Waals surface area contributed by atoms with Crippen molar-refractivity contribution in [1.29, 1.82) is 0 Å². The van der Waals surface area contributed by atoms with Crippen LogP contribution in [0.25, 0.3) is 0 Å². The topological polar surface area (TPSA) is 38.0 Å². The highest BCUT2D eigenvalue weighted by Gasteiger charge is 2.04. The SMILES string of the molecule is Oc1ccc(Cn2cnc(I)c2I)cc1. The lowest BCUT2D eigenvalue weighted by atomic mass is 10.2. The second-order valence-corrected chi connectivity index (χ2v) is 5.16. The van der Waals surface area contributed by atoms with Crippen LogP contribution in [-0.4, -0.2) is 14.7 Å². The molecule has 0 radical (unpaired) electrons. The summed E-state index contributed by atoms with van der Waals surface area (Å²) in [6.45, 7) is 0.786. The molecular weight excluding hydrogens is 418 g/mol. The van der Waals surface area contributed by atoms with Crippen LogP contribution in [-0.2, 0) is 6.54 Å². The number of phenols is 1. The number of hydrogen-bond donors (Lipinski definition) is 1. The Kier molecular flexibility index (Phi) is 3.49. The van der Waals surface area contributed by atoms with E-state index >= 15 is 0 Å². The van der Waals surface area contributed by atoms with Gasteiger partial charge in [-0.15, -0.1) is 0 Å². The van der Waals surface area contributed by atoms with Crippen molar-refractivity contribution in [3.8, 4) is 5.75 Å². The van der Waals surface area contributed by atoms with E-state index in [4.69, 9.17) is 5.11 Å². The Labute approximate surface area is 115 Å². The van der Waals surface area contributed by atoms with Crippen molar-refractivity contribution in [3.05, 3.63) is 43.6 Å². The van der Waals surface area contributed by atoms with E-state index in [1.54, 1.807) is 12.1 Å². The van der Waals surface area contributed by atoms with Crippen molar-refractivity contribution in [2.75, 3.05) is 0 Å². The number of nitrogens with zero attached hydrogens (tertiary/aromatic N) is 2. The Morgan fingerprint density at radius 2 is 1.87 bits per heavy atom. The molecule has 2 aromatic rings. The molecule has 15 heavy (non-hydrogen) atoms. The van der Waals surface area contributed by atoms with Gasteiger partial charge in [0.25, 0.3) is 0 Å². The lowest BCUT2D eigenvalue weighted by Gasteiger charge is -2.04. The molecule has 1 N–H and O–H groups in total. The smallest absolute Gasteiger partial charge is 0.132 e. The summed E-state index contributed by atoms with van der Waals surface area (Å²) in [5.41, 5.74) is 1.15. The summed E-state index contributed by atoms with van der Waals surface area (Å²) in [5, 5.41) is 9.16. The number of aromatic nitrogens is 2. The van der Waals surface area contributed by atoms with Crippen LogP contribution in [0.2, 0.25) is 0 Å². The monoisotopic (exact) mass is 426 g/mol. The van der Waals surface area contributed by atoms with Crippen LogP contribution in [0.4, 0.5) is 0 Å². The van der Waals surface area contributed by atoms with Crippen molar-refractivity contribution < 1.29 is 5.11 Å². The van der Waals surface area contributed by atoms with Gasteiger partial charge in [-0.05, 0) is 62.9 Å². The third kappa shape index (κ3) is 2.63. The molecule has 78 valence electrons. The summed E-state index contributed by atoms with van der Waals surface area (Å²) in [7, 11) is 0. The van der Waals surface area contributed by atoms with Crippen LogP contribution in [0, 0.1) is 7.40 Å². The molecule has 0 aliphatic heterocycles. The molecular formula is C10H8I2N2O. The molecule has 0 bridgehead atoms. The Morgan fingerprint density at radius 3 is 2.40 bits per heavy atom. The number of aromatic hydroxyl groups is 1. The highest BCUT2D eigenvalue weighted by atomic mass is 127. The van der Waals surface area contributed by atoms with E-state index in [2.05, 4.69) is 54.7 Å². The number of imidazole rings is 1. The number of benzene rings is 1. The number of hydrogen-bond acceptors (Lipinski definition) is 2. The fourth-order valence-corrected chi connectivity index (χ4v) is 2.12. The second kappa shape index (κ2) is 4.69. The summed E-state index contributed by atoms with van der Waals surface area (Å²) in [5.74, 6) is 0.300. The van der Waals surface area contributed by atoms with Crippen LogP contribution in [0.3, 0.4) is 0 Å². The fourth-order valence-electron chi connectivity index (χ4n) is 1.25. The maximum absolute atomic E-state index is 9.16. The molecule has 0 amide bonds. The first-order valence-electron chi connectivity index (χ1n) is 4.31. The normalized spacial score (nSPS) is 10.5. The van der Waals surface area contributed by atoms with Gasteiger partial charge in [0.1, 0.15) is 13.2 Å². The summed E-state index contributed by atoms with van der Waals surface area (Å²) >= 11 is 4.49. The summed E-state index contributed by atoms with van der Waals surface area (Å²) in [4.78, 5) is 4.22. The van der Waals surface area contributed by atoms with Gasteiger partial charge < -0.3 is 9.67 Å². The Bertz CT molecular complexity index is 465. The third-order valence-electron chi connectivity index (χ3n) is 2.02. The van der Waals surface area contributed by atoms with Gasteiger partial charge in [0, 0.05) is 6.54 Å². The maximum Gasteiger partial charge on any atom is 0.132 e. The van der Waals surface area contributed by atoms with Gasteiger partial charge in [0.15, 0.2) is 0 Å². The largest absolute Gasteiger partial charge is 0.508 e. The molecule has 0 aliphatic rings. The van der Waals surface area contributed by atoms with E-state index in [1.165, 1.54) is 0 Å². The molecule has 1 aromatic heterocycles. The molecule has 3 nitrogen and oxygen atoms in total. The van der Waals surface area contributed by atoms with Crippen molar-refractivity contribution >= 4 is 45.2 Å². The summed E-state index contributed by atoms with van der Waals surface area (Å²) in [6, 6.07) is 7.23. The van der Waals surface area contributed by atoms with Gasteiger partial charge in [-0.1, -0.05) is 12.1 Å². The first-order chi connectivity index (χ1) is 7.16. The minimum absolute atomic E-state index is 0.300. The van der Waals surface area contributed by atoms with Crippen LogP contribution >= 0.6 is 45.2 Å². The Hall–Kier alpha value is -0.310. The molecule has 0 saturated heterocycles. The molecule has 0 aliphatic carbocycles. The minimum Gasteiger partial charge on any atom is -0.508 e. The quantitative estimate of drug-likeness (QED) is 0.751. The van der Waals surface area contributed by atoms with Gasteiger partial charge in [-0.25, -0.2) is 4.98 Å². The molecule has 1 heterocycles. The summed E-state index contributed by atoms with van der Waals surface area (Å²) < 4.78 is 4.24.